The molecule has 1 heteroatoms. The highest BCUT2D eigenvalue weighted by Gasteiger charge is 2.12. The van der Waals surface area contributed by atoms with Crippen molar-refractivity contribution >= 4 is 6.08 Å². The van der Waals surface area contributed by atoms with Gasteiger partial charge < -0.3 is 4.74 Å². The molecule has 1 aromatic rings. The molecule has 0 heterocycles. The normalized spacial score (nSPS) is 19.9. The minimum Gasteiger partial charge on any atom is -0.374 e. The van der Waals surface area contributed by atoms with Crippen molar-refractivity contribution in [3.63, 3.8) is 0 Å². The van der Waals surface area contributed by atoms with Crippen molar-refractivity contribution in [3.8, 4) is 0 Å². The van der Waals surface area contributed by atoms with Gasteiger partial charge in [-0.1, -0.05) is 36.4 Å². The predicted octanol–water partition coefficient (Wildman–Crippen LogP) is 2.66. The molecule has 1 unspecified atom stereocenters. The molecule has 0 aromatic heterocycles. The Bertz CT molecular complexity index is 315. The van der Waals surface area contributed by atoms with E-state index in [1.807, 2.05) is 6.92 Å². The fraction of sp³-hybridized carbons (Fsp3) is 0.333. The second kappa shape index (κ2) is 3.75. The van der Waals surface area contributed by atoms with Crippen molar-refractivity contribution in [2.24, 2.45) is 0 Å². The molecule has 0 radical (unpaired) electrons. The van der Waals surface area contributed by atoms with Crippen LogP contribution in [-0.4, -0.2) is 12.7 Å². The van der Waals surface area contributed by atoms with Crippen molar-refractivity contribution in [3.05, 3.63) is 41.5 Å². The van der Waals surface area contributed by atoms with E-state index in [0.717, 1.165) is 13.0 Å². The lowest BCUT2D eigenvalue weighted by Crippen LogP contribution is -2.16. The van der Waals surface area contributed by atoms with E-state index in [4.69, 9.17) is 4.74 Å². The smallest absolute Gasteiger partial charge is 0.0799 e. The summed E-state index contributed by atoms with van der Waals surface area (Å²) in [6, 6.07) is 8.48. The number of rotatable bonds is 2. The van der Waals surface area contributed by atoms with Gasteiger partial charge in [0.2, 0.25) is 0 Å². The fourth-order valence-electron chi connectivity index (χ4n) is 1.71. The Morgan fingerprint density at radius 2 is 2.23 bits per heavy atom. The topological polar surface area (TPSA) is 9.23 Å². The highest BCUT2D eigenvalue weighted by molar-refractivity contribution is 5.57. The Morgan fingerprint density at radius 1 is 1.38 bits per heavy atom. The van der Waals surface area contributed by atoms with Crippen LogP contribution in [0.4, 0.5) is 0 Å². The standard InChI is InChI=1S/C12H14O/c1-2-13-12-8-7-10-5-3-4-6-11(10)9-12/h3-8,12H,2,9H2,1H3. The molecule has 68 valence electrons. The molecule has 0 N–H and O–H groups in total. The van der Waals surface area contributed by atoms with Crippen LogP contribution < -0.4 is 0 Å². The Morgan fingerprint density at radius 3 is 3.08 bits per heavy atom. The van der Waals surface area contributed by atoms with E-state index in [1.54, 1.807) is 0 Å². The maximum Gasteiger partial charge on any atom is 0.0799 e. The first kappa shape index (κ1) is 8.52. The van der Waals surface area contributed by atoms with E-state index in [-0.39, 0.29) is 6.10 Å². The van der Waals surface area contributed by atoms with Gasteiger partial charge in [0.1, 0.15) is 0 Å². The lowest BCUT2D eigenvalue weighted by Gasteiger charge is -2.18. The monoisotopic (exact) mass is 174 g/mol. The zero-order valence-electron chi connectivity index (χ0n) is 7.86. The number of fused-ring (bicyclic) bond motifs is 1. The van der Waals surface area contributed by atoms with E-state index in [1.165, 1.54) is 11.1 Å². The van der Waals surface area contributed by atoms with Crippen LogP contribution in [0.15, 0.2) is 30.3 Å². The van der Waals surface area contributed by atoms with E-state index in [0.29, 0.717) is 0 Å². The van der Waals surface area contributed by atoms with E-state index in [2.05, 4.69) is 36.4 Å². The molecular formula is C12H14O. The van der Waals surface area contributed by atoms with Gasteiger partial charge >= 0.3 is 0 Å². The molecule has 1 nitrogen and oxygen atoms in total. The van der Waals surface area contributed by atoms with Crippen molar-refractivity contribution in [2.75, 3.05) is 6.61 Å². The van der Waals surface area contributed by atoms with Crippen LogP contribution >= 0.6 is 0 Å². The molecule has 0 aliphatic heterocycles. The zero-order valence-corrected chi connectivity index (χ0v) is 7.86. The number of hydrogen-bond donors (Lipinski definition) is 0. The van der Waals surface area contributed by atoms with Gasteiger partial charge in [-0.2, -0.15) is 0 Å². The van der Waals surface area contributed by atoms with Gasteiger partial charge in [-0.15, -0.1) is 0 Å². The molecule has 0 saturated heterocycles. The fourth-order valence-corrected chi connectivity index (χ4v) is 1.71. The molecule has 2 rings (SSSR count). The first-order valence-corrected chi connectivity index (χ1v) is 4.78. The molecule has 1 aliphatic rings. The van der Waals surface area contributed by atoms with Crippen LogP contribution in [0.5, 0.6) is 0 Å². The van der Waals surface area contributed by atoms with Gasteiger partial charge in [-0.3, -0.25) is 0 Å². The third kappa shape index (κ3) is 1.81. The highest BCUT2D eigenvalue weighted by Crippen LogP contribution is 2.20. The van der Waals surface area contributed by atoms with Gasteiger partial charge in [0.15, 0.2) is 0 Å². The van der Waals surface area contributed by atoms with Crippen LogP contribution in [0.25, 0.3) is 6.08 Å². The van der Waals surface area contributed by atoms with Crippen molar-refractivity contribution in [1.82, 2.24) is 0 Å². The molecule has 0 spiro atoms. The molecule has 0 saturated carbocycles. The maximum absolute atomic E-state index is 5.55. The Labute approximate surface area is 79.0 Å². The molecule has 0 bridgehead atoms. The summed E-state index contributed by atoms with van der Waals surface area (Å²) in [4.78, 5) is 0. The van der Waals surface area contributed by atoms with Crippen LogP contribution in [0, 0.1) is 0 Å². The number of ether oxygens (including phenoxy) is 1. The molecule has 0 fully saturated rings. The van der Waals surface area contributed by atoms with Gasteiger partial charge in [-0.05, 0) is 18.1 Å². The molecular weight excluding hydrogens is 160 g/mol. The summed E-state index contributed by atoms with van der Waals surface area (Å²) in [6.45, 7) is 2.82. The average Bonchev–Trinajstić information content (AvgIpc) is 2.18. The highest BCUT2D eigenvalue weighted by atomic mass is 16.5. The minimum atomic E-state index is 0.278. The first-order valence-electron chi connectivity index (χ1n) is 4.78. The summed E-state index contributed by atoms with van der Waals surface area (Å²) < 4.78 is 5.55. The van der Waals surface area contributed by atoms with Crippen molar-refractivity contribution < 1.29 is 4.74 Å². The summed E-state index contributed by atoms with van der Waals surface area (Å²) in [6.07, 6.45) is 5.59. The summed E-state index contributed by atoms with van der Waals surface area (Å²) in [7, 11) is 0. The first-order chi connectivity index (χ1) is 6.40. The number of benzene rings is 1. The lowest BCUT2D eigenvalue weighted by molar-refractivity contribution is 0.0964. The average molecular weight is 174 g/mol. The van der Waals surface area contributed by atoms with Crippen LogP contribution in [0.3, 0.4) is 0 Å². The van der Waals surface area contributed by atoms with Gasteiger partial charge in [-0.25, -0.2) is 0 Å². The summed E-state index contributed by atoms with van der Waals surface area (Å²) in [5.41, 5.74) is 2.72. The van der Waals surface area contributed by atoms with Gasteiger partial charge in [0.25, 0.3) is 0 Å². The number of hydrogen-bond acceptors (Lipinski definition) is 1. The van der Waals surface area contributed by atoms with Crippen molar-refractivity contribution in [2.45, 2.75) is 19.4 Å². The molecule has 1 aliphatic carbocycles. The Kier molecular flexibility index (Phi) is 2.46. The SMILES string of the molecule is CCOC1C=Cc2ccccc2C1. The zero-order chi connectivity index (χ0) is 9.10. The van der Waals surface area contributed by atoms with Crippen LogP contribution in [-0.2, 0) is 11.2 Å². The molecule has 1 atom stereocenters. The van der Waals surface area contributed by atoms with Gasteiger partial charge in [0.05, 0.1) is 6.10 Å². The third-order valence-corrected chi connectivity index (χ3v) is 2.35. The maximum atomic E-state index is 5.55. The molecule has 0 amide bonds. The second-order valence-corrected chi connectivity index (χ2v) is 3.26. The molecule has 13 heavy (non-hydrogen) atoms. The van der Waals surface area contributed by atoms with E-state index < -0.39 is 0 Å². The largest absolute Gasteiger partial charge is 0.374 e. The summed E-state index contributed by atoms with van der Waals surface area (Å²) in [5, 5.41) is 0. The Hall–Kier alpha value is -1.08. The van der Waals surface area contributed by atoms with Gasteiger partial charge in [0, 0.05) is 13.0 Å². The van der Waals surface area contributed by atoms with E-state index >= 15 is 0 Å². The minimum absolute atomic E-state index is 0.278. The van der Waals surface area contributed by atoms with Crippen molar-refractivity contribution in [1.29, 1.82) is 0 Å². The quantitative estimate of drug-likeness (QED) is 0.669. The summed E-state index contributed by atoms with van der Waals surface area (Å²) in [5.74, 6) is 0. The van der Waals surface area contributed by atoms with Crippen LogP contribution in [0.1, 0.15) is 18.1 Å². The Balaban J connectivity index is 2.19. The van der Waals surface area contributed by atoms with Crippen LogP contribution in [0.2, 0.25) is 0 Å². The lowest BCUT2D eigenvalue weighted by atomic mass is 9.96. The molecule has 1 aromatic carbocycles. The summed E-state index contributed by atoms with van der Waals surface area (Å²) >= 11 is 0. The second-order valence-electron chi connectivity index (χ2n) is 3.26. The predicted molar refractivity (Wildman–Crippen MR) is 54.6 cm³/mol. The third-order valence-electron chi connectivity index (χ3n) is 2.35. The van der Waals surface area contributed by atoms with E-state index in [9.17, 15) is 0 Å².